The summed E-state index contributed by atoms with van der Waals surface area (Å²) in [7, 11) is 0. The maximum atomic E-state index is 3.50. The molecule has 1 saturated carbocycles. The minimum absolute atomic E-state index is 0.580. The first-order valence-corrected chi connectivity index (χ1v) is 5.95. The van der Waals surface area contributed by atoms with Gasteiger partial charge in [0.2, 0.25) is 0 Å². The smallest absolute Gasteiger partial charge is 0.0282 e. The second kappa shape index (κ2) is 3.76. The standard InChI is InChI=1S/C10H16N2S/c1-13-10(3-4-10)8-12-7-9-2-5-11-6-9/h2,5-6,11-12H,3-4,7-8H2,1H3. The highest BCUT2D eigenvalue weighted by Gasteiger charge is 2.41. The van der Waals surface area contributed by atoms with Gasteiger partial charge in [-0.25, -0.2) is 0 Å². The van der Waals surface area contributed by atoms with Crippen LogP contribution < -0.4 is 5.32 Å². The van der Waals surface area contributed by atoms with Crippen molar-refractivity contribution in [2.24, 2.45) is 0 Å². The molecule has 0 aliphatic heterocycles. The first-order valence-electron chi connectivity index (χ1n) is 4.72. The highest BCUT2D eigenvalue weighted by Crippen LogP contribution is 2.46. The van der Waals surface area contributed by atoms with E-state index in [2.05, 4.69) is 22.6 Å². The number of hydrogen-bond donors (Lipinski definition) is 2. The topological polar surface area (TPSA) is 27.8 Å². The quantitative estimate of drug-likeness (QED) is 0.754. The number of aromatic nitrogens is 1. The third kappa shape index (κ3) is 2.29. The highest BCUT2D eigenvalue weighted by atomic mass is 32.2. The molecule has 0 aromatic carbocycles. The van der Waals surface area contributed by atoms with Gasteiger partial charge in [-0.2, -0.15) is 11.8 Å². The lowest BCUT2D eigenvalue weighted by atomic mass is 10.3. The van der Waals surface area contributed by atoms with E-state index in [9.17, 15) is 0 Å². The Morgan fingerprint density at radius 3 is 3.00 bits per heavy atom. The molecule has 1 fully saturated rings. The van der Waals surface area contributed by atoms with Gasteiger partial charge in [-0.05, 0) is 30.7 Å². The molecule has 1 aromatic heterocycles. The van der Waals surface area contributed by atoms with Gasteiger partial charge in [0.1, 0.15) is 0 Å². The van der Waals surface area contributed by atoms with Gasteiger partial charge >= 0.3 is 0 Å². The minimum Gasteiger partial charge on any atom is -0.367 e. The minimum atomic E-state index is 0.580. The van der Waals surface area contributed by atoms with Crippen LogP contribution in [0.2, 0.25) is 0 Å². The summed E-state index contributed by atoms with van der Waals surface area (Å²) < 4.78 is 0.580. The number of thioether (sulfide) groups is 1. The van der Waals surface area contributed by atoms with E-state index in [4.69, 9.17) is 0 Å². The third-order valence-corrected chi connectivity index (χ3v) is 4.10. The van der Waals surface area contributed by atoms with E-state index in [1.807, 2.05) is 24.2 Å². The van der Waals surface area contributed by atoms with Crippen molar-refractivity contribution < 1.29 is 0 Å². The molecule has 1 heterocycles. The monoisotopic (exact) mass is 196 g/mol. The second-order valence-corrected chi connectivity index (χ2v) is 4.98. The predicted molar refractivity (Wildman–Crippen MR) is 58.0 cm³/mol. The Morgan fingerprint density at radius 1 is 1.62 bits per heavy atom. The number of nitrogens with one attached hydrogen (secondary N) is 2. The van der Waals surface area contributed by atoms with Gasteiger partial charge in [0, 0.05) is 30.2 Å². The van der Waals surface area contributed by atoms with Crippen molar-refractivity contribution in [1.29, 1.82) is 0 Å². The molecule has 0 radical (unpaired) electrons. The fourth-order valence-corrected chi connectivity index (χ4v) is 2.25. The molecular formula is C10H16N2S. The number of H-pyrrole nitrogens is 1. The summed E-state index contributed by atoms with van der Waals surface area (Å²) in [4.78, 5) is 3.06. The van der Waals surface area contributed by atoms with E-state index >= 15 is 0 Å². The Hall–Kier alpha value is -0.410. The Kier molecular flexibility index (Phi) is 2.65. The summed E-state index contributed by atoms with van der Waals surface area (Å²) in [6.07, 6.45) is 9.00. The Morgan fingerprint density at radius 2 is 2.46 bits per heavy atom. The van der Waals surface area contributed by atoms with Crippen LogP contribution >= 0.6 is 11.8 Å². The summed E-state index contributed by atoms with van der Waals surface area (Å²) in [5.41, 5.74) is 1.34. The molecule has 2 nitrogen and oxygen atoms in total. The van der Waals surface area contributed by atoms with Gasteiger partial charge in [0.25, 0.3) is 0 Å². The first kappa shape index (κ1) is 9.16. The van der Waals surface area contributed by atoms with Gasteiger partial charge in [0.05, 0.1) is 0 Å². The third-order valence-electron chi connectivity index (χ3n) is 2.68. The van der Waals surface area contributed by atoms with E-state index in [1.165, 1.54) is 18.4 Å². The van der Waals surface area contributed by atoms with Crippen molar-refractivity contribution >= 4 is 11.8 Å². The normalized spacial score (nSPS) is 18.8. The lowest BCUT2D eigenvalue weighted by Crippen LogP contribution is -2.25. The zero-order valence-corrected chi connectivity index (χ0v) is 8.79. The SMILES string of the molecule is CSC1(CNCc2cc[nH]c2)CC1. The van der Waals surface area contributed by atoms with Gasteiger partial charge in [-0.3, -0.25) is 0 Å². The fraction of sp³-hybridized carbons (Fsp3) is 0.600. The lowest BCUT2D eigenvalue weighted by Gasteiger charge is -2.12. The molecule has 0 bridgehead atoms. The molecule has 2 N–H and O–H groups in total. The fourth-order valence-electron chi connectivity index (χ4n) is 1.50. The Labute approximate surface area is 83.5 Å². The molecule has 1 aliphatic rings. The molecule has 0 atom stereocenters. The summed E-state index contributed by atoms with van der Waals surface area (Å²) in [5.74, 6) is 0. The van der Waals surface area contributed by atoms with E-state index in [-0.39, 0.29) is 0 Å². The molecule has 3 heteroatoms. The average molecular weight is 196 g/mol. The van der Waals surface area contributed by atoms with Gasteiger partial charge < -0.3 is 10.3 Å². The van der Waals surface area contributed by atoms with Crippen LogP contribution in [-0.2, 0) is 6.54 Å². The molecule has 2 rings (SSSR count). The molecule has 72 valence electrons. The van der Waals surface area contributed by atoms with E-state index in [0.717, 1.165) is 13.1 Å². The van der Waals surface area contributed by atoms with Gasteiger partial charge in [-0.1, -0.05) is 0 Å². The largest absolute Gasteiger partial charge is 0.367 e. The van der Waals surface area contributed by atoms with Crippen LogP contribution in [0.15, 0.2) is 18.5 Å². The van der Waals surface area contributed by atoms with Crippen molar-refractivity contribution in [3.05, 3.63) is 24.0 Å². The van der Waals surface area contributed by atoms with Crippen molar-refractivity contribution in [3.63, 3.8) is 0 Å². The molecule has 0 spiro atoms. The van der Waals surface area contributed by atoms with Gasteiger partial charge in [0.15, 0.2) is 0 Å². The van der Waals surface area contributed by atoms with Crippen LogP contribution in [0.25, 0.3) is 0 Å². The molecular weight excluding hydrogens is 180 g/mol. The summed E-state index contributed by atoms with van der Waals surface area (Å²) in [5, 5.41) is 3.50. The van der Waals surface area contributed by atoms with Crippen LogP contribution in [0.5, 0.6) is 0 Å². The maximum Gasteiger partial charge on any atom is 0.0282 e. The highest BCUT2D eigenvalue weighted by molar-refractivity contribution is 8.00. The molecule has 0 unspecified atom stereocenters. The summed E-state index contributed by atoms with van der Waals surface area (Å²) in [6, 6.07) is 2.12. The first-order chi connectivity index (χ1) is 6.35. The van der Waals surface area contributed by atoms with Crippen LogP contribution in [0.1, 0.15) is 18.4 Å². The van der Waals surface area contributed by atoms with Crippen molar-refractivity contribution in [2.45, 2.75) is 24.1 Å². The molecule has 1 aromatic rings. The molecule has 13 heavy (non-hydrogen) atoms. The molecule has 0 amide bonds. The second-order valence-electron chi connectivity index (χ2n) is 3.71. The zero-order chi connectivity index (χ0) is 9.15. The van der Waals surface area contributed by atoms with E-state index in [0.29, 0.717) is 4.75 Å². The van der Waals surface area contributed by atoms with Crippen LogP contribution in [-0.4, -0.2) is 22.5 Å². The Bertz CT molecular complexity index is 252. The zero-order valence-electron chi connectivity index (χ0n) is 7.97. The van der Waals surface area contributed by atoms with Crippen LogP contribution in [0, 0.1) is 0 Å². The van der Waals surface area contributed by atoms with Crippen LogP contribution in [0.3, 0.4) is 0 Å². The van der Waals surface area contributed by atoms with Crippen molar-refractivity contribution in [3.8, 4) is 0 Å². The summed E-state index contributed by atoms with van der Waals surface area (Å²) in [6.45, 7) is 2.14. The maximum absolute atomic E-state index is 3.50. The van der Waals surface area contributed by atoms with E-state index in [1.54, 1.807) is 0 Å². The lowest BCUT2D eigenvalue weighted by molar-refractivity contribution is 0.663. The predicted octanol–water partition coefficient (Wildman–Crippen LogP) is 2.00. The average Bonchev–Trinajstić information content (AvgIpc) is 2.74. The molecule has 1 aliphatic carbocycles. The number of rotatable bonds is 5. The van der Waals surface area contributed by atoms with E-state index < -0.39 is 0 Å². The number of hydrogen-bond acceptors (Lipinski definition) is 2. The van der Waals surface area contributed by atoms with Crippen LogP contribution in [0.4, 0.5) is 0 Å². The Balaban J connectivity index is 1.70. The summed E-state index contributed by atoms with van der Waals surface area (Å²) >= 11 is 2.01. The van der Waals surface area contributed by atoms with Crippen molar-refractivity contribution in [2.75, 3.05) is 12.8 Å². The molecule has 0 saturated heterocycles. The van der Waals surface area contributed by atoms with Crippen molar-refractivity contribution in [1.82, 2.24) is 10.3 Å². The number of aromatic amines is 1. The van der Waals surface area contributed by atoms with Gasteiger partial charge in [-0.15, -0.1) is 0 Å².